The number of anilines is 1. The standard InChI is InChI=1S/C27H33N7O2/c28-21-29-27(30-23-11-5-2-6-12-23)31-24-13-7-8-14-34(26(24)36)20-25(35)33-17-15-32(16-18-33)19-22-9-3-1-4-10-22/h1-6,9-12,24H,7-8,13-20H2,(H2,29,30,31). The van der Waals surface area contributed by atoms with Crippen LogP contribution in [-0.4, -0.2) is 77.8 Å². The fraction of sp³-hybridized carbons (Fsp3) is 0.407. The molecule has 1 unspecified atom stereocenters. The SMILES string of the molecule is N#CNC(=NC1CCCCN(CC(=O)N2CCN(Cc3ccccc3)CC2)C1=O)Nc1ccccc1. The zero-order chi connectivity index (χ0) is 25.2. The largest absolute Gasteiger partial charge is 0.339 e. The molecule has 2 saturated heterocycles. The minimum absolute atomic E-state index is 0.0230. The van der Waals surface area contributed by atoms with Crippen molar-refractivity contribution in [3.8, 4) is 6.19 Å². The zero-order valence-corrected chi connectivity index (χ0v) is 20.5. The molecule has 36 heavy (non-hydrogen) atoms. The average Bonchev–Trinajstić information content (AvgIpc) is 3.07. The van der Waals surface area contributed by atoms with Crippen LogP contribution in [0.25, 0.3) is 0 Å². The number of piperazine rings is 1. The molecule has 188 valence electrons. The number of hydrogen-bond acceptors (Lipinski definition) is 5. The molecule has 2 aromatic rings. The molecule has 9 heteroatoms. The van der Waals surface area contributed by atoms with Gasteiger partial charge in [0.05, 0.1) is 6.54 Å². The second-order valence-corrected chi connectivity index (χ2v) is 9.12. The number of aliphatic imine (C=N–C) groups is 1. The molecule has 2 amide bonds. The summed E-state index contributed by atoms with van der Waals surface area (Å²) >= 11 is 0. The maximum absolute atomic E-state index is 13.3. The molecule has 2 N–H and O–H groups in total. The Morgan fingerprint density at radius 2 is 1.67 bits per heavy atom. The Morgan fingerprint density at radius 3 is 2.36 bits per heavy atom. The van der Waals surface area contributed by atoms with E-state index in [2.05, 4.69) is 32.7 Å². The third kappa shape index (κ3) is 7.06. The molecule has 0 aromatic heterocycles. The van der Waals surface area contributed by atoms with Crippen LogP contribution < -0.4 is 10.6 Å². The van der Waals surface area contributed by atoms with Gasteiger partial charge in [0, 0.05) is 45.0 Å². The summed E-state index contributed by atoms with van der Waals surface area (Å²) in [6, 6.07) is 19.0. The van der Waals surface area contributed by atoms with Gasteiger partial charge in [0.15, 0.2) is 6.19 Å². The predicted molar refractivity (Wildman–Crippen MR) is 139 cm³/mol. The molecule has 0 spiro atoms. The Morgan fingerprint density at radius 1 is 0.972 bits per heavy atom. The van der Waals surface area contributed by atoms with Crippen LogP contribution in [0.4, 0.5) is 5.69 Å². The Bertz CT molecular complexity index is 1080. The van der Waals surface area contributed by atoms with Crippen molar-refractivity contribution in [1.29, 1.82) is 5.26 Å². The number of nitriles is 1. The summed E-state index contributed by atoms with van der Waals surface area (Å²) in [6.07, 6.45) is 4.11. The number of rotatable bonds is 6. The fourth-order valence-electron chi connectivity index (χ4n) is 4.58. The van der Waals surface area contributed by atoms with Crippen molar-refractivity contribution in [3.05, 3.63) is 66.2 Å². The molecule has 2 heterocycles. The van der Waals surface area contributed by atoms with Gasteiger partial charge in [-0.05, 0) is 37.0 Å². The van der Waals surface area contributed by atoms with E-state index in [1.807, 2.05) is 59.6 Å². The van der Waals surface area contributed by atoms with E-state index < -0.39 is 6.04 Å². The lowest BCUT2D eigenvalue weighted by Gasteiger charge is -2.36. The first kappa shape index (κ1) is 25.2. The van der Waals surface area contributed by atoms with Crippen LogP contribution in [0.3, 0.4) is 0 Å². The van der Waals surface area contributed by atoms with Crippen LogP contribution in [0.2, 0.25) is 0 Å². The van der Waals surface area contributed by atoms with Crippen molar-refractivity contribution in [2.24, 2.45) is 4.99 Å². The van der Waals surface area contributed by atoms with Gasteiger partial charge < -0.3 is 15.1 Å². The second kappa shape index (κ2) is 12.7. The molecule has 0 bridgehead atoms. The van der Waals surface area contributed by atoms with Crippen molar-refractivity contribution in [2.45, 2.75) is 31.8 Å². The Labute approximate surface area is 212 Å². The topological polar surface area (TPSA) is 104 Å². The van der Waals surface area contributed by atoms with Crippen LogP contribution in [0, 0.1) is 11.5 Å². The third-order valence-electron chi connectivity index (χ3n) is 6.55. The number of benzene rings is 2. The highest BCUT2D eigenvalue weighted by Gasteiger charge is 2.30. The summed E-state index contributed by atoms with van der Waals surface area (Å²) in [6.45, 7) is 4.43. The van der Waals surface area contributed by atoms with E-state index in [9.17, 15) is 9.59 Å². The van der Waals surface area contributed by atoms with Gasteiger partial charge in [-0.25, -0.2) is 4.99 Å². The highest BCUT2D eigenvalue weighted by Crippen LogP contribution is 2.17. The fourth-order valence-corrected chi connectivity index (χ4v) is 4.58. The smallest absolute Gasteiger partial charge is 0.247 e. The number of carbonyl (C=O) groups excluding carboxylic acids is 2. The van der Waals surface area contributed by atoms with Crippen molar-refractivity contribution in [1.82, 2.24) is 20.0 Å². The molecular formula is C27H33N7O2. The van der Waals surface area contributed by atoms with E-state index in [4.69, 9.17) is 5.26 Å². The van der Waals surface area contributed by atoms with E-state index in [-0.39, 0.29) is 24.3 Å². The summed E-state index contributed by atoms with van der Waals surface area (Å²) in [4.78, 5) is 36.8. The highest BCUT2D eigenvalue weighted by atomic mass is 16.2. The maximum Gasteiger partial charge on any atom is 0.247 e. The summed E-state index contributed by atoms with van der Waals surface area (Å²) in [5.74, 6) is 0.0329. The molecule has 9 nitrogen and oxygen atoms in total. The van der Waals surface area contributed by atoms with Crippen LogP contribution >= 0.6 is 0 Å². The molecule has 2 aromatic carbocycles. The molecule has 2 aliphatic rings. The second-order valence-electron chi connectivity index (χ2n) is 9.12. The van der Waals surface area contributed by atoms with Crippen molar-refractivity contribution in [2.75, 3.05) is 44.6 Å². The van der Waals surface area contributed by atoms with Gasteiger partial charge in [0.2, 0.25) is 17.8 Å². The van der Waals surface area contributed by atoms with E-state index >= 15 is 0 Å². The number of likely N-dealkylation sites (tertiary alicyclic amines) is 1. The molecule has 0 radical (unpaired) electrons. The Kier molecular flexibility index (Phi) is 8.89. The monoisotopic (exact) mass is 487 g/mol. The van der Waals surface area contributed by atoms with Crippen LogP contribution in [0.1, 0.15) is 24.8 Å². The first-order chi connectivity index (χ1) is 17.6. The van der Waals surface area contributed by atoms with E-state index in [0.717, 1.165) is 38.2 Å². The van der Waals surface area contributed by atoms with Gasteiger partial charge in [0.25, 0.3) is 0 Å². The van der Waals surface area contributed by atoms with Gasteiger partial charge in [-0.3, -0.25) is 19.8 Å². The molecule has 1 atom stereocenters. The number of nitrogens with one attached hydrogen (secondary N) is 2. The lowest BCUT2D eigenvalue weighted by molar-refractivity contribution is -0.141. The highest BCUT2D eigenvalue weighted by molar-refractivity contribution is 5.97. The summed E-state index contributed by atoms with van der Waals surface area (Å²) in [5, 5.41) is 14.8. The molecular weight excluding hydrogens is 454 g/mol. The third-order valence-corrected chi connectivity index (χ3v) is 6.55. The average molecular weight is 488 g/mol. The molecule has 2 aliphatic heterocycles. The first-order valence-electron chi connectivity index (χ1n) is 12.5. The number of carbonyl (C=O) groups is 2. The van der Waals surface area contributed by atoms with Crippen LogP contribution in [0.15, 0.2) is 65.7 Å². The van der Waals surface area contributed by atoms with E-state index in [1.165, 1.54) is 5.56 Å². The van der Waals surface area contributed by atoms with Crippen molar-refractivity contribution in [3.63, 3.8) is 0 Å². The number of para-hydroxylation sites is 1. The van der Waals surface area contributed by atoms with E-state index in [1.54, 1.807) is 4.90 Å². The first-order valence-corrected chi connectivity index (χ1v) is 12.5. The predicted octanol–water partition coefficient (Wildman–Crippen LogP) is 2.25. The molecule has 4 rings (SSSR count). The van der Waals surface area contributed by atoms with Gasteiger partial charge in [-0.15, -0.1) is 0 Å². The Hall–Kier alpha value is -3.90. The summed E-state index contributed by atoms with van der Waals surface area (Å²) in [7, 11) is 0. The molecule has 2 fully saturated rings. The lowest BCUT2D eigenvalue weighted by atomic mass is 10.1. The maximum atomic E-state index is 13.3. The minimum atomic E-state index is -0.643. The van der Waals surface area contributed by atoms with Gasteiger partial charge in [0.1, 0.15) is 6.04 Å². The van der Waals surface area contributed by atoms with Gasteiger partial charge in [-0.1, -0.05) is 48.5 Å². The van der Waals surface area contributed by atoms with Gasteiger partial charge in [-0.2, -0.15) is 5.26 Å². The van der Waals surface area contributed by atoms with Crippen LogP contribution in [0.5, 0.6) is 0 Å². The zero-order valence-electron chi connectivity index (χ0n) is 20.5. The molecule has 0 saturated carbocycles. The van der Waals surface area contributed by atoms with E-state index in [0.29, 0.717) is 26.1 Å². The number of nitrogens with zero attached hydrogens (tertiary/aromatic N) is 5. The lowest BCUT2D eigenvalue weighted by Crippen LogP contribution is -2.52. The minimum Gasteiger partial charge on any atom is -0.339 e. The van der Waals surface area contributed by atoms with Crippen LogP contribution in [-0.2, 0) is 16.1 Å². The number of amides is 2. The quantitative estimate of drug-likeness (QED) is 0.280. The Balaban J connectivity index is 1.34. The number of hydrogen-bond donors (Lipinski definition) is 2. The summed E-state index contributed by atoms with van der Waals surface area (Å²) in [5.41, 5.74) is 2.03. The molecule has 0 aliphatic carbocycles. The van der Waals surface area contributed by atoms with Crippen molar-refractivity contribution < 1.29 is 9.59 Å². The number of guanidine groups is 1. The van der Waals surface area contributed by atoms with Crippen molar-refractivity contribution >= 4 is 23.5 Å². The van der Waals surface area contributed by atoms with Gasteiger partial charge >= 0.3 is 0 Å². The normalized spacial score (nSPS) is 19.4. The summed E-state index contributed by atoms with van der Waals surface area (Å²) < 4.78 is 0.